The van der Waals surface area contributed by atoms with Crippen LogP contribution in [0.4, 0.5) is 8.78 Å². The highest BCUT2D eigenvalue weighted by molar-refractivity contribution is 14.0. The van der Waals surface area contributed by atoms with Gasteiger partial charge in [-0.25, -0.2) is 13.8 Å². The third kappa shape index (κ3) is 6.95. The fourth-order valence-corrected chi connectivity index (χ4v) is 2.15. The average molecular weight is 461 g/mol. The predicted molar refractivity (Wildman–Crippen MR) is 106 cm³/mol. The van der Waals surface area contributed by atoms with Gasteiger partial charge in [-0.15, -0.1) is 24.0 Å². The van der Waals surface area contributed by atoms with Crippen molar-refractivity contribution < 1.29 is 13.9 Å². The molecule has 2 aromatic carbocycles. The summed E-state index contributed by atoms with van der Waals surface area (Å²) in [6.07, 6.45) is 0. The van der Waals surface area contributed by atoms with E-state index in [0.717, 1.165) is 11.1 Å². The van der Waals surface area contributed by atoms with Crippen LogP contribution in [-0.2, 0) is 19.7 Å². The highest BCUT2D eigenvalue weighted by atomic mass is 127. The zero-order valence-corrected chi connectivity index (χ0v) is 16.3. The minimum atomic E-state index is -0.424. The van der Waals surface area contributed by atoms with Gasteiger partial charge in [-0.3, -0.25) is 0 Å². The topological polar surface area (TPSA) is 56.7 Å². The van der Waals surface area contributed by atoms with Gasteiger partial charge >= 0.3 is 0 Å². The summed E-state index contributed by atoms with van der Waals surface area (Å²) in [6, 6.07) is 10.8. The van der Waals surface area contributed by atoms with Crippen LogP contribution >= 0.6 is 24.0 Å². The number of nitrogens with zero attached hydrogens (tertiary/aromatic N) is 1. The first kappa shape index (κ1) is 21.3. The van der Waals surface area contributed by atoms with Crippen LogP contribution in [0.25, 0.3) is 0 Å². The highest BCUT2D eigenvalue weighted by Gasteiger charge is 2.03. The summed E-state index contributed by atoms with van der Waals surface area (Å²) in [5.74, 6) is -0.0846. The third-order valence-electron chi connectivity index (χ3n) is 3.42. The van der Waals surface area contributed by atoms with Gasteiger partial charge in [0.25, 0.3) is 0 Å². The van der Waals surface area contributed by atoms with E-state index in [4.69, 9.17) is 5.11 Å². The molecule has 0 heterocycles. The second-order valence-corrected chi connectivity index (χ2v) is 5.26. The van der Waals surface area contributed by atoms with Gasteiger partial charge in [0, 0.05) is 18.7 Å². The number of guanidine groups is 1. The van der Waals surface area contributed by atoms with E-state index >= 15 is 0 Å². The number of hydrogen-bond acceptors (Lipinski definition) is 2. The molecule has 0 aliphatic carbocycles. The van der Waals surface area contributed by atoms with Gasteiger partial charge in [-0.1, -0.05) is 18.2 Å². The average Bonchev–Trinajstić information content (AvgIpc) is 2.60. The Bertz CT molecular complexity index is 693. The van der Waals surface area contributed by atoms with E-state index in [0.29, 0.717) is 25.6 Å². The SMILES string of the molecule is CCNC(=NCc1ccc(F)c(CO)c1)NCc1ccc(F)cc1.I. The maximum absolute atomic E-state index is 13.4. The van der Waals surface area contributed by atoms with E-state index in [2.05, 4.69) is 15.6 Å². The number of aliphatic imine (C=N–C) groups is 1. The lowest BCUT2D eigenvalue weighted by Gasteiger charge is -2.11. The highest BCUT2D eigenvalue weighted by Crippen LogP contribution is 2.11. The lowest BCUT2D eigenvalue weighted by Crippen LogP contribution is -2.36. The maximum Gasteiger partial charge on any atom is 0.191 e. The molecule has 0 aliphatic heterocycles. The normalized spacial score (nSPS) is 11.0. The van der Waals surface area contributed by atoms with Crippen molar-refractivity contribution in [1.29, 1.82) is 0 Å². The molecule has 4 nitrogen and oxygen atoms in total. The summed E-state index contributed by atoms with van der Waals surface area (Å²) >= 11 is 0. The Morgan fingerprint density at radius 2 is 1.72 bits per heavy atom. The van der Waals surface area contributed by atoms with E-state index in [1.54, 1.807) is 24.3 Å². The zero-order valence-electron chi connectivity index (χ0n) is 13.9. The molecule has 0 saturated heterocycles. The quantitative estimate of drug-likeness (QED) is 0.352. The first-order valence-corrected chi connectivity index (χ1v) is 7.77. The minimum Gasteiger partial charge on any atom is -0.392 e. The molecule has 3 N–H and O–H groups in total. The summed E-state index contributed by atoms with van der Waals surface area (Å²) in [5.41, 5.74) is 2.00. The van der Waals surface area contributed by atoms with Gasteiger partial charge in [-0.05, 0) is 42.3 Å². The zero-order chi connectivity index (χ0) is 17.4. The van der Waals surface area contributed by atoms with Crippen LogP contribution in [0.15, 0.2) is 47.5 Å². The van der Waals surface area contributed by atoms with E-state index in [1.807, 2.05) is 6.92 Å². The van der Waals surface area contributed by atoms with Crippen LogP contribution in [0, 0.1) is 11.6 Å². The van der Waals surface area contributed by atoms with Crippen LogP contribution in [0.1, 0.15) is 23.6 Å². The van der Waals surface area contributed by atoms with Crippen molar-refractivity contribution in [2.24, 2.45) is 4.99 Å². The molecular formula is C18H22F2IN3O. The van der Waals surface area contributed by atoms with Crippen molar-refractivity contribution in [2.45, 2.75) is 26.6 Å². The van der Waals surface area contributed by atoms with E-state index < -0.39 is 5.82 Å². The second kappa shape index (κ2) is 11.0. The number of rotatable bonds is 6. The summed E-state index contributed by atoms with van der Waals surface area (Å²) in [4.78, 5) is 4.44. The molecule has 0 fully saturated rings. The monoisotopic (exact) mass is 461 g/mol. The van der Waals surface area contributed by atoms with Crippen LogP contribution in [0.2, 0.25) is 0 Å². The third-order valence-corrected chi connectivity index (χ3v) is 3.42. The Kier molecular flexibility index (Phi) is 9.36. The van der Waals surface area contributed by atoms with E-state index in [1.165, 1.54) is 18.2 Å². The largest absolute Gasteiger partial charge is 0.392 e. The van der Waals surface area contributed by atoms with E-state index in [-0.39, 0.29) is 42.0 Å². The Hall–Kier alpha value is -1.74. The molecule has 0 amide bonds. The molecule has 0 saturated carbocycles. The standard InChI is InChI=1S/C18H21F2N3O.HI/c1-2-21-18(22-10-13-3-6-16(19)7-4-13)23-11-14-5-8-17(20)15(9-14)12-24;/h3-9,24H,2,10-12H2,1H3,(H2,21,22,23);1H. The van der Waals surface area contributed by atoms with Gasteiger partial charge in [0.05, 0.1) is 13.2 Å². The molecule has 0 atom stereocenters. The van der Waals surface area contributed by atoms with Gasteiger partial charge in [0.2, 0.25) is 0 Å². The smallest absolute Gasteiger partial charge is 0.191 e. The van der Waals surface area contributed by atoms with Crippen LogP contribution in [0.5, 0.6) is 0 Å². The fourth-order valence-electron chi connectivity index (χ4n) is 2.15. The summed E-state index contributed by atoms with van der Waals surface area (Å²) in [7, 11) is 0. The van der Waals surface area contributed by atoms with E-state index in [9.17, 15) is 8.78 Å². The molecule has 0 bridgehead atoms. The van der Waals surface area contributed by atoms with Crippen LogP contribution < -0.4 is 10.6 Å². The lowest BCUT2D eigenvalue weighted by molar-refractivity contribution is 0.275. The molecule has 2 rings (SSSR count). The lowest BCUT2D eigenvalue weighted by atomic mass is 10.1. The number of halogens is 3. The molecule has 0 aliphatic rings. The van der Waals surface area contributed by atoms with Crippen LogP contribution in [0.3, 0.4) is 0 Å². The van der Waals surface area contributed by atoms with Crippen LogP contribution in [-0.4, -0.2) is 17.6 Å². The number of nitrogens with one attached hydrogen (secondary N) is 2. The molecule has 25 heavy (non-hydrogen) atoms. The first-order valence-electron chi connectivity index (χ1n) is 7.77. The first-order chi connectivity index (χ1) is 11.6. The van der Waals surface area contributed by atoms with Gasteiger partial charge in [-0.2, -0.15) is 0 Å². The van der Waals surface area contributed by atoms with Gasteiger partial charge < -0.3 is 15.7 Å². The molecule has 0 radical (unpaired) electrons. The molecule has 0 spiro atoms. The number of benzene rings is 2. The molecule has 136 valence electrons. The van der Waals surface area contributed by atoms with Crippen molar-refractivity contribution in [3.8, 4) is 0 Å². The summed E-state index contributed by atoms with van der Waals surface area (Å²) in [6.45, 7) is 3.17. The van der Waals surface area contributed by atoms with Gasteiger partial charge in [0.1, 0.15) is 11.6 Å². The van der Waals surface area contributed by atoms with Crippen molar-refractivity contribution in [3.63, 3.8) is 0 Å². The van der Waals surface area contributed by atoms with Crippen molar-refractivity contribution in [1.82, 2.24) is 10.6 Å². The number of aliphatic hydroxyl groups is 1. The molecule has 2 aromatic rings. The molecule has 0 aromatic heterocycles. The van der Waals surface area contributed by atoms with Crippen molar-refractivity contribution in [3.05, 3.63) is 70.8 Å². The van der Waals surface area contributed by atoms with Crippen molar-refractivity contribution >= 4 is 29.9 Å². The van der Waals surface area contributed by atoms with Crippen molar-refractivity contribution in [2.75, 3.05) is 6.54 Å². The fraction of sp³-hybridized carbons (Fsp3) is 0.278. The Balaban J connectivity index is 0.00000312. The molecule has 0 unspecified atom stereocenters. The second-order valence-electron chi connectivity index (χ2n) is 5.26. The molecular weight excluding hydrogens is 439 g/mol. The summed E-state index contributed by atoms with van der Waals surface area (Å²) in [5, 5.41) is 15.4. The summed E-state index contributed by atoms with van der Waals surface area (Å²) < 4.78 is 26.3. The molecule has 7 heteroatoms. The Labute approximate surface area is 163 Å². The maximum atomic E-state index is 13.4. The Morgan fingerprint density at radius 1 is 1.04 bits per heavy atom. The Morgan fingerprint density at radius 3 is 2.36 bits per heavy atom. The number of aliphatic hydroxyl groups excluding tert-OH is 1. The van der Waals surface area contributed by atoms with Gasteiger partial charge in [0.15, 0.2) is 5.96 Å². The predicted octanol–water partition coefficient (Wildman–Crippen LogP) is 3.33. The minimum absolute atomic E-state index is 0. The number of hydrogen-bond donors (Lipinski definition) is 3.